The molecule has 25 heavy (non-hydrogen) atoms. The summed E-state index contributed by atoms with van der Waals surface area (Å²) in [6.07, 6.45) is 0. The molecule has 0 aliphatic heterocycles. The normalized spacial score (nSPS) is 11.6. The smallest absolute Gasteiger partial charge is 0.269 e. The summed E-state index contributed by atoms with van der Waals surface area (Å²) in [5.41, 5.74) is -0.506. The van der Waals surface area contributed by atoms with E-state index in [0.717, 1.165) is 9.17 Å². The summed E-state index contributed by atoms with van der Waals surface area (Å²) in [7, 11) is 0. The molecule has 1 aromatic heterocycles. The second kappa shape index (κ2) is 7.11. The largest absolute Gasteiger partial charge is 0.478 e. The number of carbonyl (C=O) groups is 1. The van der Waals surface area contributed by atoms with Crippen molar-refractivity contribution in [1.29, 1.82) is 0 Å². The van der Waals surface area contributed by atoms with Gasteiger partial charge in [0.1, 0.15) is 11.3 Å². The average Bonchev–Trinajstić information content (AvgIpc) is 2.96. The highest BCUT2D eigenvalue weighted by atomic mass is 79.9. The number of thiazole rings is 1. The number of fused-ring (bicyclic) bond motifs is 1. The van der Waals surface area contributed by atoms with E-state index < -0.39 is 5.60 Å². The Hall–Kier alpha value is -1.34. The number of nitrogens with one attached hydrogen (secondary N) is 1. The molecule has 1 amide bonds. The van der Waals surface area contributed by atoms with Gasteiger partial charge in [0.2, 0.25) is 0 Å². The number of anilines is 1. The fourth-order valence-corrected chi connectivity index (χ4v) is 3.63. The molecule has 1 N–H and O–H groups in total. The maximum Gasteiger partial charge on any atom is 0.269 e. The Bertz CT molecular complexity index is 942. The van der Waals surface area contributed by atoms with Crippen LogP contribution >= 0.6 is 50.5 Å². The monoisotopic (exact) mass is 458 g/mol. The molecule has 0 aliphatic carbocycles. The van der Waals surface area contributed by atoms with Crippen molar-refractivity contribution >= 4 is 71.7 Å². The molecule has 4 nitrogen and oxygen atoms in total. The number of aromatic nitrogens is 1. The molecule has 0 spiro atoms. The molecule has 0 bridgehead atoms. The highest BCUT2D eigenvalue weighted by molar-refractivity contribution is 9.10. The maximum atomic E-state index is 12.6. The van der Waals surface area contributed by atoms with Crippen LogP contribution in [0.25, 0.3) is 10.2 Å². The van der Waals surface area contributed by atoms with Crippen LogP contribution in [0.15, 0.2) is 40.9 Å². The van der Waals surface area contributed by atoms with Crippen molar-refractivity contribution in [2.24, 2.45) is 0 Å². The lowest BCUT2D eigenvalue weighted by molar-refractivity contribution is -0.128. The van der Waals surface area contributed by atoms with E-state index >= 15 is 0 Å². The number of benzene rings is 2. The molecule has 2 aromatic carbocycles. The molecule has 0 radical (unpaired) electrons. The Labute approximate surface area is 167 Å². The number of halogens is 3. The molecule has 0 atom stereocenters. The highest BCUT2D eigenvalue weighted by Crippen LogP contribution is 2.35. The Balaban J connectivity index is 1.78. The fourth-order valence-electron chi connectivity index (χ4n) is 2.08. The van der Waals surface area contributed by atoms with Gasteiger partial charge in [0, 0.05) is 4.47 Å². The predicted octanol–water partition coefficient (Wildman–Crippen LogP) is 6.16. The predicted molar refractivity (Wildman–Crippen MR) is 107 cm³/mol. The van der Waals surface area contributed by atoms with E-state index in [4.69, 9.17) is 27.9 Å². The van der Waals surface area contributed by atoms with Crippen molar-refractivity contribution in [3.63, 3.8) is 0 Å². The molecule has 1 heterocycles. The standard InChI is InChI=1S/C17H13BrCl2N2O2S/c1-17(2,24-10-5-3-9(18)4-6-10)15(23)22-16-21-14-12(25-16)8-7-11(19)13(14)20/h3-8H,1-2H3,(H,21,22,23). The molecule has 0 saturated heterocycles. The number of carbonyl (C=O) groups excluding carboxylic acids is 1. The average molecular weight is 460 g/mol. The Morgan fingerprint density at radius 2 is 1.88 bits per heavy atom. The van der Waals surface area contributed by atoms with Crippen LogP contribution in [0.3, 0.4) is 0 Å². The molecule has 8 heteroatoms. The lowest BCUT2D eigenvalue weighted by Crippen LogP contribution is -2.42. The van der Waals surface area contributed by atoms with Crippen LogP contribution in [0.2, 0.25) is 10.0 Å². The minimum atomic E-state index is -1.08. The van der Waals surface area contributed by atoms with Crippen LogP contribution in [0.1, 0.15) is 13.8 Å². The van der Waals surface area contributed by atoms with Gasteiger partial charge >= 0.3 is 0 Å². The van der Waals surface area contributed by atoms with Gasteiger partial charge in [0.25, 0.3) is 5.91 Å². The molecule has 0 fully saturated rings. The quantitative estimate of drug-likeness (QED) is 0.508. The van der Waals surface area contributed by atoms with Crippen molar-refractivity contribution < 1.29 is 9.53 Å². The third kappa shape index (κ3) is 4.08. The Kier molecular flexibility index (Phi) is 5.25. The number of amides is 1. The van der Waals surface area contributed by atoms with Gasteiger partial charge < -0.3 is 4.74 Å². The third-order valence-corrected chi connectivity index (χ3v) is 5.66. The third-order valence-electron chi connectivity index (χ3n) is 3.41. The molecular weight excluding hydrogens is 447 g/mol. The molecule has 3 rings (SSSR count). The van der Waals surface area contributed by atoms with Gasteiger partial charge in [-0.3, -0.25) is 10.1 Å². The summed E-state index contributed by atoms with van der Waals surface area (Å²) >= 11 is 16.8. The van der Waals surface area contributed by atoms with Crippen molar-refractivity contribution in [2.45, 2.75) is 19.4 Å². The number of ether oxygens (including phenoxy) is 1. The van der Waals surface area contributed by atoms with Crippen LogP contribution in [0.4, 0.5) is 5.13 Å². The van der Waals surface area contributed by atoms with E-state index in [2.05, 4.69) is 26.2 Å². The van der Waals surface area contributed by atoms with Gasteiger partial charge in [-0.25, -0.2) is 4.98 Å². The van der Waals surface area contributed by atoms with Crippen LogP contribution < -0.4 is 10.1 Å². The Morgan fingerprint density at radius 3 is 2.56 bits per heavy atom. The second-order valence-corrected chi connectivity index (χ2v) is 8.48. The summed E-state index contributed by atoms with van der Waals surface area (Å²) in [5.74, 6) is 0.291. The van der Waals surface area contributed by atoms with Gasteiger partial charge in [-0.05, 0) is 50.2 Å². The fraction of sp³-hybridized carbons (Fsp3) is 0.176. The van der Waals surface area contributed by atoms with Gasteiger partial charge in [0.05, 0.1) is 14.7 Å². The molecule has 0 unspecified atom stereocenters. The number of rotatable bonds is 4. The van der Waals surface area contributed by atoms with Gasteiger partial charge in [-0.2, -0.15) is 0 Å². The van der Waals surface area contributed by atoms with Crippen molar-refractivity contribution in [1.82, 2.24) is 4.98 Å². The van der Waals surface area contributed by atoms with Gasteiger partial charge in [0.15, 0.2) is 10.7 Å². The van der Waals surface area contributed by atoms with Gasteiger partial charge in [-0.1, -0.05) is 50.5 Å². The van der Waals surface area contributed by atoms with Crippen LogP contribution in [-0.4, -0.2) is 16.5 Å². The molecular formula is C17H13BrCl2N2O2S. The minimum Gasteiger partial charge on any atom is -0.478 e. The van der Waals surface area contributed by atoms with Crippen LogP contribution in [0, 0.1) is 0 Å². The first-order valence-corrected chi connectivity index (χ1v) is 9.63. The molecule has 0 saturated carbocycles. The van der Waals surface area contributed by atoms with Crippen LogP contribution in [-0.2, 0) is 4.79 Å². The second-order valence-electron chi connectivity index (χ2n) is 5.75. The summed E-state index contributed by atoms with van der Waals surface area (Å²) in [6, 6.07) is 10.8. The maximum absolute atomic E-state index is 12.6. The lowest BCUT2D eigenvalue weighted by atomic mass is 10.1. The van der Waals surface area contributed by atoms with Gasteiger partial charge in [-0.15, -0.1) is 0 Å². The van der Waals surface area contributed by atoms with Crippen molar-refractivity contribution in [3.8, 4) is 5.75 Å². The highest BCUT2D eigenvalue weighted by Gasteiger charge is 2.31. The summed E-state index contributed by atoms with van der Waals surface area (Å²) in [5, 5.41) is 4.03. The van der Waals surface area contributed by atoms with E-state index in [1.807, 2.05) is 18.2 Å². The lowest BCUT2D eigenvalue weighted by Gasteiger charge is -2.24. The SMILES string of the molecule is CC(C)(Oc1ccc(Br)cc1)C(=O)Nc1nc2c(Cl)c(Cl)ccc2s1. The molecule has 130 valence electrons. The first-order valence-electron chi connectivity index (χ1n) is 7.27. The molecule has 3 aromatic rings. The zero-order valence-electron chi connectivity index (χ0n) is 13.3. The van der Waals surface area contributed by atoms with E-state index in [0.29, 0.717) is 26.4 Å². The van der Waals surface area contributed by atoms with Crippen molar-refractivity contribution in [2.75, 3.05) is 5.32 Å². The topological polar surface area (TPSA) is 51.2 Å². The van der Waals surface area contributed by atoms with E-state index in [1.54, 1.807) is 32.0 Å². The zero-order chi connectivity index (χ0) is 18.2. The first kappa shape index (κ1) is 18.5. The van der Waals surface area contributed by atoms with E-state index in [9.17, 15) is 4.79 Å². The van der Waals surface area contributed by atoms with Crippen LogP contribution in [0.5, 0.6) is 5.75 Å². The number of hydrogen-bond donors (Lipinski definition) is 1. The van der Waals surface area contributed by atoms with E-state index in [-0.39, 0.29) is 5.91 Å². The summed E-state index contributed by atoms with van der Waals surface area (Å²) < 4.78 is 7.59. The first-order chi connectivity index (χ1) is 11.8. The minimum absolute atomic E-state index is 0.309. The number of nitrogens with zero attached hydrogens (tertiary/aromatic N) is 1. The van der Waals surface area contributed by atoms with Crippen molar-refractivity contribution in [3.05, 3.63) is 50.9 Å². The number of hydrogen-bond acceptors (Lipinski definition) is 4. The van der Waals surface area contributed by atoms with E-state index in [1.165, 1.54) is 11.3 Å². The summed E-state index contributed by atoms with van der Waals surface area (Å²) in [6.45, 7) is 3.39. The summed E-state index contributed by atoms with van der Waals surface area (Å²) in [4.78, 5) is 17.0. The Morgan fingerprint density at radius 1 is 1.20 bits per heavy atom. The molecule has 0 aliphatic rings. The zero-order valence-corrected chi connectivity index (χ0v) is 17.2.